The zero-order valence-corrected chi connectivity index (χ0v) is 20.5. The molecular formula is C28H32N2O7. The van der Waals surface area contributed by atoms with E-state index in [-0.39, 0.29) is 31.3 Å². The fourth-order valence-electron chi connectivity index (χ4n) is 5.59. The number of carboxylic acids is 1. The molecule has 2 saturated heterocycles. The number of aliphatic hydroxyl groups excluding tert-OH is 1. The summed E-state index contributed by atoms with van der Waals surface area (Å²) in [6.07, 6.45) is 1.24. The minimum absolute atomic E-state index is 0.0294. The molecular weight excluding hydrogens is 476 g/mol. The van der Waals surface area contributed by atoms with Crippen molar-refractivity contribution >= 4 is 18.2 Å². The number of amides is 2. The van der Waals surface area contributed by atoms with Crippen molar-refractivity contribution in [3.63, 3.8) is 0 Å². The van der Waals surface area contributed by atoms with Crippen molar-refractivity contribution in [1.82, 2.24) is 9.80 Å². The molecule has 2 amide bonds. The zero-order chi connectivity index (χ0) is 25.9. The van der Waals surface area contributed by atoms with E-state index in [0.717, 1.165) is 30.5 Å². The van der Waals surface area contributed by atoms with E-state index in [1.165, 1.54) is 4.90 Å². The highest BCUT2D eigenvalue weighted by molar-refractivity contribution is 5.82. The fraction of sp³-hybridized carbons (Fsp3) is 0.464. The molecule has 2 heterocycles. The van der Waals surface area contributed by atoms with Gasteiger partial charge in [-0.3, -0.25) is 4.90 Å². The molecule has 2 saturated carbocycles. The molecule has 0 bridgehead atoms. The van der Waals surface area contributed by atoms with Gasteiger partial charge in [0.2, 0.25) is 0 Å². The predicted octanol–water partition coefficient (Wildman–Crippen LogP) is 3.36. The fourth-order valence-corrected chi connectivity index (χ4v) is 5.59. The highest BCUT2D eigenvalue weighted by atomic mass is 16.6. The minimum atomic E-state index is -0.929. The molecule has 9 nitrogen and oxygen atoms in total. The zero-order valence-electron chi connectivity index (χ0n) is 20.5. The SMILES string of the molecule is O=C(O)[C@@H]1[C@H]2C[C@H]2CN1C(=O)OCc1ccccc1.O=C(OCc1ccccc1)N1C[C@@H]2C[C@@H]2[C@H]1CO. The summed E-state index contributed by atoms with van der Waals surface area (Å²) in [5.41, 5.74) is 1.88. The quantitative estimate of drug-likeness (QED) is 0.615. The topological polar surface area (TPSA) is 117 Å². The van der Waals surface area contributed by atoms with Gasteiger partial charge >= 0.3 is 18.2 Å². The third-order valence-electron chi connectivity index (χ3n) is 7.77. The number of piperidine rings is 2. The number of hydrogen-bond donors (Lipinski definition) is 2. The van der Waals surface area contributed by atoms with E-state index in [1.807, 2.05) is 60.7 Å². The van der Waals surface area contributed by atoms with E-state index in [1.54, 1.807) is 4.90 Å². The highest BCUT2D eigenvalue weighted by Crippen LogP contribution is 2.50. The van der Waals surface area contributed by atoms with Gasteiger partial charge in [0.25, 0.3) is 0 Å². The smallest absolute Gasteiger partial charge is 0.410 e. The van der Waals surface area contributed by atoms with E-state index in [0.29, 0.717) is 30.9 Å². The van der Waals surface area contributed by atoms with Crippen LogP contribution in [0.15, 0.2) is 60.7 Å². The number of hydrogen-bond acceptors (Lipinski definition) is 6. The molecule has 196 valence electrons. The lowest BCUT2D eigenvalue weighted by molar-refractivity contribution is -0.142. The van der Waals surface area contributed by atoms with Gasteiger partial charge in [0.1, 0.15) is 19.3 Å². The van der Waals surface area contributed by atoms with Crippen molar-refractivity contribution in [3.8, 4) is 0 Å². The summed E-state index contributed by atoms with van der Waals surface area (Å²) < 4.78 is 10.5. The van der Waals surface area contributed by atoms with Gasteiger partial charge in [0.05, 0.1) is 12.6 Å². The van der Waals surface area contributed by atoms with Gasteiger partial charge in [-0.05, 0) is 47.6 Å². The largest absolute Gasteiger partial charge is 0.480 e. The molecule has 0 aromatic heterocycles. The summed E-state index contributed by atoms with van der Waals surface area (Å²) in [4.78, 5) is 38.1. The van der Waals surface area contributed by atoms with Gasteiger partial charge in [-0.25, -0.2) is 14.4 Å². The molecule has 4 fully saturated rings. The molecule has 0 radical (unpaired) electrons. The van der Waals surface area contributed by atoms with Crippen molar-refractivity contribution in [1.29, 1.82) is 0 Å². The Morgan fingerprint density at radius 1 is 0.757 bits per heavy atom. The van der Waals surface area contributed by atoms with Crippen molar-refractivity contribution in [2.45, 2.75) is 38.1 Å². The van der Waals surface area contributed by atoms with Gasteiger partial charge in [-0.15, -0.1) is 0 Å². The highest BCUT2D eigenvalue weighted by Gasteiger charge is 2.57. The Labute approximate surface area is 215 Å². The van der Waals surface area contributed by atoms with Gasteiger partial charge in [-0.2, -0.15) is 0 Å². The van der Waals surface area contributed by atoms with Crippen LogP contribution in [0.5, 0.6) is 0 Å². The summed E-state index contributed by atoms with van der Waals surface area (Å²) in [5.74, 6) is 0.638. The molecule has 2 aliphatic heterocycles. The number of carbonyl (C=O) groups excluding carboxylic acids is 2. The Balaban J connectivity index is 0.000000152. The third kappa shape index (κ3) is 5.72. The first kappa shape index (κ1) is 25.1. The van der Waals surface area contributed by atoms with Crippen LogP contribution in [-0.2, 0) is 27.5 Å². The molecule has 37 heavy (non-hydrogen) atoms. The molecule has 6 rings (SSSR count). The Bertz CT molecular complexity index is 1110. The van der Waals surface area contributed by atoms with Crippen LogP contribution >= 0.6 is 0 Å². The number of ether oxygens (including phenoxy) is 2. The Morgan fingerprint density at radius 2 is 1.24 bits per heavy atom. The number of carboxylic acid groups (broad SMARTS) is 1. The van der Waals surface area contributed by atoms with Crippen LogP contribution in [0, 0.1) is 23.7 Å². The molecule has 6 atom stereocenters. The van der Waals surface area contributed by atoms with E-state index in [9.17, 15) is 19.5 Å². The third-order valence-corrected chi connectivity index (χ3v) is 7.77. The molecule has 9 heteroatoms. The van der Waals surface area contributed by atoms with Crippen molar-refractivity contribution in [3.05, 3.63) is 71.8 Å². The maximum Gasteiger partial charge on any atom is 0.410 e. The van der Waals surface area contributed by atoms with Crippen LogP contribution in [0.25, 0.3) is 0 Å². The van der Waals surface area contributed by atoms with Crippen LogP contribution in [0.2, 0.25) is 0 Å². The second-order valence-corrected chi connectivity index (χ2v) is 10.2. The average molecular weight is 509 g/mol. The maximum absolute atomic E-state index is 11.9. The number of rotatable bonds is 6. The molecule has 2 aliphatic carbocycles. The number of fused-ring (bicyclic) bond motifs is 2. The summed E-state index contributed by atoms with van der Waals surface area (Å²) >= 11 is 0. The molecule has 2 N–H and O–H groups in total. The predicted molar refractivity (Wildman–Crippen MR) is 132 cm³/mol. The first-order chi connectivity index (χ1) is 18.0. The second kappa shape index (κ2) is 10.8. The van der Waals surface area contributed by atoms with E-state index >= 15 is 0 Å². The summed E-state index contributed by atoms with van der Waals surface area (Å²) in [7, 11) is 0. The molecule has 2 aromatic carbocycles. The Kier molecular flexibility index (Phi) is 7.32. The Hall–Kier alpha value is -3.59. The van der Waals surface area contributed by atoms with Crippen LogP contribution in [0.3, 0.4) is 0 Å². The van der Waals surface area contributed by atoms with Crippen LogP contribution < -0.4 is 0 Å². The first-order valence-electron chi connectivity index (χ1n) is 12.7. The van der Waals surface area contributed by atoms with Gasteiger partial charge in [0.15, 0.2) is 0 Å². The number of likely N-dealkylation sites (tertiary alicyclic amines) is 2. The summed E-state index contributed by atoms with van der Waals surface area (Å²) in [5, 5.41) is 18.5. The van der Waals surface area contributed by atoms with E-state index < -0.39 is 18.1 Å². The Morgan fingerprint density at radius 3 is 1.78 bits per heavy atom. The monoisotopic (exact) mass is 508 g/mol. The van der Waals surface area contributed by atoms with Crippen LogP contribution in [0.1, 0.15) is 24.0 Å². The molecule has 4 aliphatic rings. The van der Waals surface area contributed by atoms with Crippen LogP contribution in [-0.4, -0.2) is 69.9 Å². The van der Waals surface area contributed by atoms with Gasteiger partial charge < -0.3 is 24.6 Å². The van der Waals surface area contributed by atoms with Gasteiger partial charge in [-0.1, -0.05) is 60.7 Å². The van der Waals surface area contributed by atoms with E-state index in [4.69, 9.17) is 14.6 Å². The number of aliphatic carboxylic acids is 1. The standard InChI is InChI=1S/C14H15NO4.C14H17NO3/c16-13(17)12-11-6-10(11)7-15(12)14(18)19-8-9-4-2-1-3-5-9;16-8-13-12-6-11(12)7-15(13)14(17)18-9-10-4-2-1-3-5-10/h1-5,10-12H,6-8H2,(H,16,17);1-5,11-13,16H,6-9H2/t10-,11-,12-;11-,12-,13+/m00/s1. The minimum Gasteiger partial charge on any atom is -0.480 e. The molecule has 0 unspecified atom stereocenters. The summed E-state index contributed by atoms with van der Waals surface area (Å²) in [6.45, 7) is 1.77. The number of nitrogens with zero attached hydrogens (tertiary/aromatic N) is 2. The van der Waals surface area contributed by atoms with Crippen molar-refractivity contribution < 1.29 is 34.1 Å². The lowest BCUT2D eigenvalue weighted by atomic mass is 10.2. The maximum atomic E-state index is 11.9. The molecule has 0 spiro atoms. The summed E-state index contributed by atoms with van der Waals surface area (Å²) in [6, 6.07) is 18.3. The van der Waals surface area contributed by atoms with E-state index in [2.05, 4.69) is 0 Å². The number of benzene rings is 2. The van der Waals surface area contributed by atoms with Gasteiger partial charge in [0, 0.05) is 13.1 Å². The lowest BCUT2D eigenvalue weighted by Gasteiger charge is -2.25. The normalized spacial score (nSPS) is 28.4. The first-order valence-corrected chi connectivity index (χ1v) is 12.7. The van der Waals surface area contributed by atoms with Crippen LogP contribution in [0.4, 0.5) is 9.59 Å². The van der Waals surface area contributed by atoms with Crippen molar-refractivity contribution in [2.24, 2.45) is 23.7 Å². The second-order valence-electron chi connectivity index (χ2n) is 10.2. The number of aliphatic hydroxyl groups is 1. The van der Waals surface area contributed by atoms with Crippen molar-refractivity contribution in [2.75, 3.05) is 19.7 Å². The lowest BCUT2D eigenvalue weighted by Crippen LogP contribution is -2.43. The molecule has 2 aromatic rings. The number of carbonyl (C=O) groups is 3. The average Bonchev–Trinajstić information content (AvgIpc) is 3.80.